The Morgan fingerprint density at radius 3 is 2.70 bits per heavy atom. The summed E-state index contributed by atoms with van der Waals surface area (Å²) in [6.45, 7) is 2.08. The third kappa shape index (κ3) is 6.08. The van der Waals surface area contributed by atoms with Gasteiger partial charge in [-0.15, -0.1) is 10.2 Å². The first-order valence-electron chi connectivity index (χ1n) is 8.39. The molecule has 0 aliphatic carbocycles. The van der Waals surface area contributed by atoms with Crippen molar-refractivity contribution in [3.63, 3.8) is 0 Å². The standard InChI is InChI=1S/C19H18ClN3O3S/c1-13(24)3-2-10-25-17-9-8-16(21-11-17)12-27-19-23-22-18(26-19)14-4-6-15(20)7-5-14/h4-9,11H,2-3,10,12H2,1H3. The normalized spacial score (nSPS) is 10.7. The minimum Gasteiger partial charge on any atom is -0.492 e. The van der Waals surface area contributed by atoms with Gasteiger partial charge in [0, 0.05) is 22.8 Å². The number of carbonyl (C=O) groups is 1. The Morgan fingerprint density at radius 2 is 2.00 bits per heavy atom. The van der Waals surface area contributed by atoms with E-state index in [0.717, 1.165) is 11.3 Å². The van der Waals surface area contributed by atoms with E-state index in [9.17, 15) is 4.79 Å². The van der Waals surface area contributed by atoms with Crippen LogP contribution in [0.4, 0.5) is 0 Å². The Labute approximate surface area is 166 Å². The average molecular weight is 404 g/mol. The van der Waals surface area contributed by atoms with Gasteiger partial charge in [-0.3, -0.25) is 4.98 Å². The van der Waals surface area contributed by atoms with Crippen molar-refractivity contribution >= 4 is 29.1 Å². The molecule has 3 rings (SSSR count). The van der Waals surface area contributed by atoms with Crippen LogP contribution in [-0.4, -0.2) is 27.6 Å². The summed E-state index contributed by atoms with van der Waals surface area (Å²) in [7, 11) is 0. The largest absolute Gasteiger partial charge is 0.492 e. The Morgan fingerprint density at radius 1 is 1.19 bits per heavy atom. The second-order valence-corrected chi connectivity index (χ2v) is 7.17. The summed E-state index contributed by atoms with van der Waals surface area (Å²) in [6.07, 6.45) is 2.92. The number of ether oxygens (including phenoxy) is 1. The fourth-order valence-corrected chi connectivity index (χ4v) is 3.01. The molecule has 6 nitrogen and oxygen atoms in total. The van der Waals surface area contributed by atoms with Gasteiger partial charge in [0.1, 0.15) is 11.5 Å². The fraction of sp³-hybridized carbons (Fsp3) is 0.263. The SMILES string of the molecule is CC(=O)CCCOc1ccc(CSc2nnc(-c3ccc(Cl)cc3)o2)nc1. The van der Waals surface area contributed by atoms with Crippen molar-refractivity contribution in [2.24, 2.45) is 0 Å². The van der Waals surface area contributed by atoms with Crippen LogP contribution in [0, 0.1) is 0 Å². The number of benzene rings is 1. The van der Waals surface area contributed by atoms with E-state index in [1.165, 1.54) is 11.8 Å². The summed E-state index contributed by atoms with van der Waals surface area (Å²) < 4.78 is 11.2. The molecule has 0 aliphatic heterocycles. The summed E-state index contributed by atoms with van der Waals surface area (Å²) in [4.78, 5) is 15.3. The lowest BCUT2D eigenvalue weighted by Crippen LogP contribution is -2.01. The monoisotopic (exact) mass is 403 g/mol. The molecule has 0 fully saturated rings. The molecule has 8 heteroatoms. The van der Waals surface area contributed by atoms with Gasteiger partial charge in [0.2, 0.25) is 5.89 Å². The summed E-state index contributed by atoms with van der Waals surface area (Å²) in [5, 5.41) is 9.23. The van der Waals surface area contributed by atoms with Crippen molar-refractivity contribution in [3.8, 4) is 17.2 Å². The first-order valence-corrected chi connectivity index (χ1v) is 9.76. The second-order valence-electron chi connectivity index (χ2n) is 5.81. The van der Waals surface area contributed by atoms with Crippen molar-refractivity contribution in [1.29, 1.82) is 0 Å². The number of aromatic nitrogens is 3. The number of Topliss-reactive ketones (excluding diaryl/α,β-unsaturated/α-hetero) is 1. The average Bonchev–Trinajstić information content (AvgIpc) is 3.14. The molecule has 0 atom stereocenters. The molecule has 3 aromatic rings. The zero-order valence-corrected chi connectivity index (χ0v) is 16.3. The lowest BCUT2D eigenvalue weighted by molar-refractivity contribution is -0.117. The number of pyridine rings is 1. The van der Waals surface area contributed by atoms with E-state index in [4.69, 9.17) is 20.8 Å². The third-order valence-electron chi connectivity index (χ3n) is 3.58. The molecule has 27 heavy (non-hydrogen) atoms. The highest BCUT2D eigenvalue weighted by molar-refractivity contribution is 7.98. The summed E-state index contributed by atoms with van der Waals surface area (Å²) in [6, 6.07) is 11.0. The van der Waals surface area contributed by atoms with E-state index in [1.54, 1.807) is 25.3 Å². The number of hydrogen-bond acceptors (Lipinski definition) is 7. The van der Waals surface area contributed by atoms with Crippen molar-refractivity contribution < 1.29 is 13.9 Å². The second kappa shape index (κ2) is 9.53. The number of rotatable bonds is 9. The molecule has 0 spiro atoms. The van der Waals surface area contributed by atoms with E-state index in [2.05, 4.69) is 15.2 Å². The molecule has 0 N–H and O–H groups in total. The molecule has 0 unspecified atom stereocenters. The third-order valence-corrected chi connectivity index (χ3v) is 4.68. The van der Waals surface area contributed by atoms with Gasteiger partial charge < -0.3 is 13.9 Å². The highest BCUT2D eigenvalue weighted by atomic mass is 35.5. The lowest BCUT2D eigenvalue weighted by atomic mass is 10.2. The predicted octanol–water partition coefficient (Wildman–Crippen LogP) is 4.83. The minimum absolute atomic E-state index is 0.171. The molecule has 2 aromatic heterocycles. The smallest absolute Gasteiger partial charge is 0.277 e. The van der Waals surface area contributed by atoms with Gasteiger partial charge >= 0.3 is 0 Å². The van der Waals surface area contributed by atoms with Gasteiger partial charge in [0.15, 0.2) is 0 Å². The molecule has 2 heterocycles. The zero-order chi connectivity index (χ0) is 19.1. The molecule has 0 aliphatic rings. The maximum Gasteiger partial charge on any atom is 0.277 e. The zero-order valence-electron chi connectivity index (χ0n) is 14.7. The van der Waals surface area contributed by atoms with Gasteiger partial charge in [-0.2, -0.15) is 0 Å². The van der Waals surface area contributed by atoms with Crippen molar-refractivity contribution in [2.45, 2.75) is 30.7 Å². The van der Waals surface area contributed by atoms with Crippen LogP contribution >= 0.6 is 23.4 Å². The quantitative estimate of drug-likeness (QED) is 0.374. The number of nitrogens with zero attached hydrogens (tertiary/aromatic N) is 3. The molecule has 0 saturated carbocycles. The van der Waals surface area contributed by atoms with Crippen LogP contribution < -0.4 is 4.74 Å². The van der Waals surface area contributed by atoms with Gasteiger partial charge in [0.25, 0.3) is 5.22 Å². The van der Waals surface area contributed by atoms with E-state index in [1.807, 2.05) is 24.3 Å². The number of ketones is 1. The number of hydrogen-bond donors (Lipinski definition) is 0. The predicted molar refractivity (Wildman–Crippen MR) is 104 cm³/mol. The molecule has 140 valence electrons. The van der Waals surface area contributed by atoms with Crippen LogP contribution in [0.5, 0.6) is 5.75 Å². The molecule has 0 radical (unpaired) electrons. The van der Waals surface area contributed by atoms with E-state index in [0.29, 0.717) is 47.1 Å². The van der Waals surface area contributed by atoms with E-state index in [-0.39, 0.29) is 5.78 Å². The Balaban J connectivity index is 1.48. The molecule has 0 amide bonds. The summed E-state index contributed by atoms with van der Waals surface area (Å²) in [5.74, 6) is 1.92. The van der Waals surface area contributed by atoms with Crippen molar-refractivity contribution in [2.75, 3.05) is 6.61 Å². The fourth-order valence-electron chi connectivity index (χ4n) is 2.21. The minimum atomic E-state index is 0.171. The highest BCUT2D eigenvalue weighted by Crippen LogP contribution is 2.26. The lowest BCUT2D eigenvalue weighted by Gasteiger charge is -2.05. The first-order chi connectivity index (χ1) is 13.1. The number of thioether (sulfide) groups is 1. The van der Waals surface area contributed by atoms with Crippen LogP contribution in [0.15, 0.2) is 52.2 Å². The Hall–Kier alpha value is -2.38. The van der Waals surface area contributed by atoms with Crippen LogP contribution in [0.2, 0.25) is 5.02 Å². The first kappa shape index (κ1) is 19.4. The van der Waals surface area contributed by atoms with E-state index >= 15 is 0 Å². The molecular formula is C19H18ClN3O3S. The van der Waals surface area contributed by atoms with Crippen LogP contribution in [0.3, 0.4) is 0 Å². The maximum atomic E-state index is 10.9. The van der Waals surface area contributed by atoms with Crippen LogP contribution in [0.1, 0.15) is 25.5 Å². The topological polar surface area (TPSA) is 78.1 Å². The van der Waals surface area contributed by atoms with E-state index < -0.39 is 0 Å². The van der Waals surface area contributed by atoms with Crippen LogP contribution in [-0.2, 0) is 10.5 Å². The van der Waals surface area contributed by atoms with Crippen molar-refractivity contribution in [1.82, 2.24) is 15.2 Å². The van der Waals surface area contributed by atoms with Gasteiger partial charge in [-0.05, 0) is 49.7 Å². The highest BCUT2D eigenvalue weighted by Gasteiger charge is 2.09. The number of carbonyl (C=O) groups excluding carboxylic acids is 1. The Kier molecular flexibility index (Phi) is 6.84. The molecule has 1 aromatic carbocycles. The Bertz CT molecular complexity index is 882. The van der Waals surface area contributed by atoms with Gasteiger partial charge in [0.05, 0.1) is 18.5 Å². The van der Waals surface area contributed by atoms with Gasteiger partial charge in [-0.25, -0.2) is 0 Å². The summed E-state index contributed by atoms with van der Waals surface area (Å²) >= 11 is 7.30. The number of halogens is 1. The molecular weight excluding hydrogens is 386 g/mol. The summed E-state index contributed by atoms with van der Waals surface area (Å²) in [5.41, 5.74) is 1.70. The maximum absolute atomic E-state index is 10.9. The van der Waals surface area contributed by atoms with Gasteiger partial charge in [-0.1, -0.05) is 23.4 Å². The molecule has 0 bridgehead atoms. The molecule has 0 saturated heterocycles. The van der Waals surface area contributed by atoms with Crippen LogP contribution in [0.25, 0.3) is 11.5 Å². The van der Waals surface area contributed by atoms with Crippen molar-refractivity contribution in [3.05, 3.63) is 53.3 Å².